The van der Waals surface area contributed by atoms with E-state index in [2.05, 4.69) is 30.2 Å². The van der Waals surface area contributed by atoms with Gasteiger partial charge in [-0.3, -0.25) is 9.69 Å². The summed E-state index contributed by atoms with van der Waals surface area (Å²) in [6.45, 7) is 5.45. The Labute approximate surface area is 200 Å². The highest BCUT2D eigenvalue weighted by Gasteiger charge is 2.35. The Hall–Kier alpha value is -3.04. The summed E-state index contributed by atoms with van der Waals surface area (Å²) in [6.07, 6.45) is 3.58. The predicted octanol–water partition coefficient (Wildman–Crippen LogP) is 3.95. The first-order valence-corrected chi connectivity index (χ1v) is 11.9. The Kier molecular flexibility index (Phi) is 4.90. The molecule has 5 heterocycles. The molecule has 2 unspecified atom stereocenters. The third-order valence-electron chi connectivity index (χ3n) is 7.32. The van der Waals surface area contributed by atoms with Crippen LogP contribution in [0.3, 0.4) is 0 Å². The molecule has 10 heteroatoms. The van der Waals surface area contributed by atoms with Crippen LogP contribution < -0.4 is 10.1 Å². The summed E-state index contributed by atoms with van der Waals surface area (Å²) >= 11 is 6.17. The highest BCUT2D eigenvalue weighted by Crippen LogP contribution is 2.43. The van der Waals surface area contributed by atoms with E-state index in [1.807, 2.05) is 20.9 Å². The Bertz CT molecular complexity index is 1360. The number of nitrogens with one attached hydrogen (secondary N) is 2. The molecule has 0 saturated heterocycles. The summed E-state index contributed by atoms with van der Waals surface area (Å²) in [5.74, 6) is -0.523. The van der Waals surface area contributed by atoms with E-state index < -0.39 is 5.82 Å². The maximum absolute atomic E-state index is 16.0. The number of halogens is 2. The van der Waals surface area contributed by atoms with Crippen molar-refractivity contribution in [2.24, 2.45) is 0 Å². The molecule has 3 aliphatic rings. The molecule has 34 heavy (non-hydrogen) atoms. The van der Waals surface area contributed by atoms with Crippen molar-refractivity contribution >= 4 is 17.5 Å². The molecule has 0 spiro atoms. The van der Waals surface area contributed by atoms with Gasteiger partial charge in [-0.05, 0) is 49.5 Å². The maximum atomic E-state index is 16.0. The van der Waals surface area contributed by atoms with Gasteiger partial charge in [0.15, 0.2) is 5.82 Å². The van der Waals surface area contributed by atoms with E-state index in [-0.39, 0.29) is 34.9 Å². The number of hydrogen-bond donors (Lipinski definition) is 2. The number of aryl methyl sites for hydroxylation is 1. The number of fused-ring (bicyclic) bond motifs is 6. The number of amides is 1. The zero-order valence-electron chi connectivity index (χ0n) is 19.1. The quantitative estimate of drug-likeness (QED) is 0.537. The number of rotatable bonds is 2. The van der Waals surface area contributed by atoms with Crippen LogP contribution in [-0.2, 0) is 19.3 Å². The molecule has 2 aliphatic heterocycles. The van der Waals surface area contributed by atoms with Gasteiger partial charge < -0.3 is 15.0 Å². The first-order chi connectivity index (χ1) is 16.3. The molecule has 0 radical (unpaired) electrons. The van der Waals surface area contributed by atoms with Gasteiger partial charge in [-0.15, -0.1) is 0 Å². The molecule has 3 aromatic rings. The van der Waals surface area contributed by atoms with E-state index in [1.54, 1.807) is 6.20 Å². The fraction of sp³-hybridized carbons (Fsp3) is 0.417. The standard InChI is InChI=1S/C24H24ClFN6O2/c1-10-8-27-21(33)17-13-5-4-12-9-28-23(18(26)16(12)20(13)30-19(10)17)34-22-15-11(2)32(3)7-6-14(15)29-24(25)31-22/h9-11,30H,4-8H2,1-3H3,(H,27,33). The molecule has 2 atom stereocenters. The Morgan fingerprint density at radius 3 is 2.82 bits per heavy atom. The van der Waals surface area contributed by atoms with Crippen LogP contribution in [-0.4, -0.2) is 50.9 Å². The van der Waals surface area contributed by atoms with Crippen molar-refractivity contribution in [1.29, 1.82) is 0 Å². The average Bonchev–Trinajstić information content (AvgIpc) is 3.21. The molecule has 0 aromatic carbocycles. The number of pyridine rings is 1. The van der Waals surface area contributed by atoms with Crippen molar-refractivity contribution < 1.29 is 13.9 Å². The lowest BCUT2D eigenvalue weighted by Gasteiger charge is -2.32. The predicted molar refractivity (Wildman–Crippen MR) is 124 cm³/mol. The monoisotopic (exact) mass is 482 g/mol. The average molecular weight is 483 g/mol. The molecule has 6 rings (SSSR count). The molecular formula is C24H24ClFN6O2. The number of hydrogen-bond acceptors (Lipinski definition) is 6. The number of nitrogens with zero attached hydrogens (tertiary/aromatic N) is 4. The summed E-state index contributed by atoms with van der Waals surface area (Å²) in [7, 11) is 2.01. The van der Waals surface area contributed by atoms with Crippen molar-refractivity contribution in [2.45, 2.75) is 45.1 Å². The highest BCUT2D eigenvalue weighted by atomic mass is 35.5. The normalized spacial score (nSPS) is 21.3. The Balaban J connectivity index is 1.47. The van der Waals surface area contributed by atoms with Crippen molar-refractivity contribution in [2.75, 3.05) is 20.1 Å². The lowest BCUT2D eigenvalue weighted by atomic mass is 9.87. The highest BCUT2D eigenvalue weighted by molar-refractivity contribution is 6.28. The van der Waals surface area contributed by atoms with Crippen LogP contribution in [0.15, 0.2) is 6.20 Å². The number of aromatic nitrogens is 4. The molecule has 0 saturated carbocycles. The Morgan fingerprint density at radius 1 is 1.18 bits per heavy atom. The van der Waals surface area contributed by atoms with Gasteiger partial charge in [0.1, 0.15) is 0 Å². The van der Waals surface area contributed by atoms with E-state index in [1.165, 1.54) is 0 Å². The number of aromatic amines is 1. The van der Waals surface area contributed by atoms with Crippen molar-refractivity contribution in [3.05, 3.63) is 50.9 Å². The third-order valence-corrected chi connectivity index (χ3v) is 7.49. The number of likely N-dealkylation sites (N-methyl/N-ethyl adjacent to an activating group) is 1. The Morgan fingerprint density at radius 2 is 2.00 bits per heavy atom. The van der Waals surface area contributed by atoms with Gasteiger partial charge in [-0.2, -0.15) is 4.98 Å². The second kappa shape index (κ2) is 7.74. The molecule has 0 bridgehead atoms. The largest absolute Gasteiger partial charge is 0.417 e. The molecule has 8 nitrogen and oxygen atoms in total. The molecule has 3 aromatic heterocycles. The van der Waals surface area contributed by atoms with Gasteiger partial charge in [0.2, 0.25) is 11.2 Å². The fourth-order valence-corrected chi connectivity index (χ4v) is 5.50. The van der Waals surface area contributed by atoms with Crippen LogP contribution >= 0.6 is 11.6 Å². The van der Waals surface area contributed by atoms with Crippen LogP contribution in [0.1, 0.15) is 64.2 Å². The number of H-pyrrole nitrogens is 1. The number of ether oxygens (including phenoxy) is 1. The fourth-order valence-electron chi connectivity index (χ4n) is 5.33. The van der Waals surface area contributed by atoms with Gasteiger partial charge in [0, 0.05) is 48.9 Å². The molecule has 1 aliphatic carbocycles. The molecule has 2 N–H and O–H groups in total. The molecule has 0 fully saturated rings. The smallest absolute Gasteiger partial charge is 0.258 e. The van der Waals surface area contributed by atoms with Crippen LogP contribution in [0.2, 0.25) is 5.28 Å². The maximum Gasteiger partial charge on any atom is 0.258 e. The van der Waals surface area contributed by atoms with Gasteiger partial charge in [-0.25, -0.2) is 14.4 Å². The summed E-state index contributed by atoms with van der Waals surface area (Å²) in [5, 5.41) is 2.99. The van der Waals surface area contributed by atoms with Crippen LogP contribution in [0.25, 0.3) is 11.3 Å². The van der Waals surface area contributed by atoms with E-state index in [0.29, 0.717) is 42.6 Å². The molecular weight excluding hydrogens is 459 g/mol. The van der Waals surface area contributed by atoms with Crippen molar-refractivity contribution in [3.63, 3.8) is 0 Å². The van der Waals surface area contributed by atoms with Crippen LogP contribution in [0, 0.1) is 5.82 Å². The zero-order valence-corrected chi connectivity index (χ0v) is 19.9. The van der Waals surface area contributed by atoms with Gasteiger partial charge >= 0.3 is 0 Å². The van der Waals surface area contributed by atoms with Crippen LogP contribution in [0.4, 0.5) is 4.39 Å². The lowest BCUT2D eigenvalue weighted by molar-refractivity contribution is 0.0940. The number of carbonyl (C=O) groups is 1. The van der Waals surface area contributed by atoms with Gasteiger partial charge in [0.25, 0.3) is 11.8 Å². The van der Waals surface area contributed by atoms with E-state index in [4.69, 9.17) is 16.3 Å². The van der Waals surface area contributed by atoms with E-state index >= 15 is 4.39 Å². The SMILES string of the molecule is CC1CNC(=O)c2c1[nH]c1c2CCc2cnc(Oc3nc(Cl)nc4c3C(C)N(C)CC4)c(F)c2-1. The van der Waals surface area contributed by atoms with E-state index in [9.17, 15) is 4.79 Å². The summed E-state index contributed by atoms with van der Waals surface area (Å²) < 4.78 is 22.0. The lowest BCUT2D eigenvalue weighted by Crippen LogP contribution is -2.34. The van der Waals surface area contributed by atoms with Gasteiger partial charge in [-0.1, -0.05) is 6.92 Å². The summed E-state index contributed by atoms with van der Waals surface area (Å²) in [6, 6.07) is -0.0153. The van der Waals surface area contributed by atoms with Crippen molar-refractivity contribution in [3.8, 4) is 23.0 Å². The van der Waals surface area contributed by atoms with Gasteiger partial charge in [0.05, 0.1) is 22.5 Å². The minimum atomic E-state index is -0.578. The van der Waals surface area contributed by atoms with Crippen LogP contribution in [0.5, 0.6) is 11.8 Å². The minimum Gasteiger partial charge on any atom is -0.417 e. The first-order valence-electron chi connectivity index (χ1n) is 11.5. The second-order valence-corrected chi connectivity index (χ2v) is 9.66. The summed E-state index contributed by atoms with van der Waals surface area (Å²) in [5.41, 5.74) is 5.76. The minimum absolute atomic E-state index is 0.0153. The second-order valence-electron chi connectivity index (χ2n) is 9.32. The first kappa shape index (κ1) is 21.5. The number of carbonyl (C=O) groups excluding carboxylic acids is 1. The zero-order chi connectivity index (χ0) is 23.7. The third kappa shape index (κ3) is 3.14. The summed E-state index contributed by atoms with van der Waals surface area (Å²) in [4.78, 5) is 31.0. The van der Waals surface area contributed by atoms with Crippen molar-refractivity contribution in [1.82, 2.24) is 30.2 Å². The topological polar surface area (TPSA) is 96.0 Å². The molecule has 176 valence electrons. The molecule has 1 amide bonds. The van der Waals surface area contributed by atoms with E-state index in [0.717, 1.165) is 34.6 Å².